The molecule has 0 atom stereocenters. The van der Waals surface area contributed by atoms with Gasteiger partial charge in [-0.05, 0) is 43.2 Å². The standard InChI is InChI=1S/C19H19ClN2O3S/c1-13-19(22-14(2)25-13)16-5-9-18(10-6-16)26(23,24)21-12-11-15-3-7-17(20)8-4-15/h3-10,21H,11-12H2,1-2H3. The van der Waals surface area contributed by atoms with Gasteiger partial charge in [0.2, 0.25) is 10.0 Å². The highest BCUT2D eigenvalue weighted by Crippen LogP contribution is 2.24. The van der Waals surface area contributed by atoms with Crippen molar-refractivity contribution in [1.29, 1.82) is 0 Å². The largest absolute Gasteiger partial charge is 0.446 e. The monoisotopic (exact) mass is 390 g/mol. The van der Waals surface area contributed by atoms with Gasteiger partial charge >= 0.3 is 0 Å². The molecule has 1 heterocycles. The molecular formula is C19H19ClN2O3S. The zero-order chi connectivity index (χ0) is 18.7. The van der Waals surface area contributed by atoms with E-state index in [2.05, 4.69) is 9.71 Å². The normalized spacial score (nSPS) is 11.7. The third kappa shape index (κ3) is 4.33. The van der Waals surface area contributed by atoms with Crippen molar-refractivity contribution in [2.45, 2.75) is 25.2 Å². The summed E-state index contributed by atoms with van der Waals surface area (Å²) >= 11 is 5.84. The fourth-order valence-electron chi connectivity index (χ4n) is 2.65. The van der Waals surface area contributed by atoms with E-state index >= 15 is 0 Å². The van der Waals surface area contributed by atoms with Crippen molar-refractivity contribution in [2.75, 3.05) is 6.54 Å². The molecule has 3 aromatic rings. The highest BCUT2D eigenvalue weighted by molar-refractivity contribution is 7.89. The minimum Gasteiger partial charge on any atom is -0.446 e. The van der Waals surface area contributed by atoms with Gasteiger partial charge in [-0.3, -0.25) is 0 Å². The molecule has 0 aliphatic rings. The van der Waals surface area contributed by atoms with Crippen molar-refractivity contribution in [1.82, 2.24) is 9.71 Å². The zero-order valence-electron chi connectivity index (χ0n) is 14.5. The highest BCUT2D eigenvalue weighted by Gasteiger charge is 2.15. The Morgan fingerprint density at radius 3 is 2.27 bits per heavy atom. The van der Waals surface area contributed by atoms with E-state index in [4.69, 9.17) is 16.0 Å². The zero-order valence-corrected chi connectivity index (χ0v) is 16.1. The second-order valence-electron chi connectivity index (χ2n) is 5.94. The van der Waals surface area contributed by atoms with Crippen LogP contribution in [0.15, 0.2) is 57.8 Å². The molecule has 0 aliphatic heterocycles. The first-order valence-electron chi connectivity index (χ1n) is 8.14. The van der Waals surface area contributed by atoms with Gasteiger partial charge in [0.05, 0.1) is 4.90 Å². The Bertz CT molecular complexity index is 994. The van der Waals surface area contributed by atoms with Crippen LogP contribution in [0, 0.1) is 13.8 Å². The molecular weight excluding hydrogens is 372 g/mol. The maximum atomic E-state index is 12.4. The Balaban J connectivity index is 1.67. The first-order chi connectivity index (χ1) is 12.3. The van der Waals surface area contributed by atoms with Gasteiger partial charge in [0.25, 0.3) is 0 Å². The van der Waals surface area contributed by atoms with E-state index in [1.165, 1.54) is 0 Å². The number of hydrogen-bond donors (Lipinski definition) is 1. The molecule has 0 radical (unpaired) electrons. The van der Waals surface area contributed by atoms with Crippen molar-refractivity contribution in [3.8, 4) is 11.3 Å². The van der Waals surface area contributed by atoms with E-state index in [1.807, 2.05) is 19.1 Å². The van der Waals surface area contributed by atoms with Crippen molar-refractivity contribution < 1.29 is 12.8 Å². The number of halogens is 1. The smallest absolute Gasteiger partial charge is 0.240 e. The van der Waals surface area contributed by atoms with E-state index in [0.717, 1.165) is 16.8 Å². The number of nitrogens with zero attached hydrogens (tertiary/aromatic N) is 1. The Kier molecular flexibility index (Phi) is 5.46. The summed E-state index contributed by atoms with van der Waals surface area (Å²) in [5.74, 6) is 1.29. The number of rotatable bonds is 6. The summed E-state index contributed by atoms with van der Waals surface area (Å²) in [5.41, 5.74) is 2.56. The van der Waals surface area contributed by atoms with E-state index in [1.54, 1.807) is 43.3 Å². The summed E-state index contributed by atoms with van der Waals surface area (Å²) in [6.07, 6.45) is 0.589. The van der Waals surface area contributed by atoms with Gasteiger partial charge in [-0.1, -0.05) is 35.9 Å². The van der Waals surface area contributed by atoms with E-state index in [-0.39, 0.29) is 4.90 Å². The van der Waals surface area contributed by atoms with Gasteiger partial charge in [-0.25, -0.2) is 18.1 Å². The molecule has 0 spiro atoms. The van der Waals surface area contributed by atoms with Gasteiger partial charge in [0.1, 0.15) is 11.5 Å². The first kappa shape index (κ1) is 18.6. The van der Waals surface area contributed by atoms with Gasteiger partial charge in [0.15, 0.2) is 5.89 Å². The van der Waals surface area contributed by atoms with Crippen molar-refractivity contribution >= 4 is 21.6 Å². The molecule has 0 fully saturated rings. The second kappa shape index (κ2) is 7.61. The lowest BCUT2D eigenvalue weighted by Crippen LogP contribution is -2.25. The van der Waals surface area contributed by atoms with Crippen LogP contribution < -0.4 is 4.72 Å². The molecule has 1 aromatic heterocycles. The lowest BCUT2D eigenvalue weighted by molar-refractivity contribution is 0.495. The lowest BCUT2D eigenvalue weighted by Gasteiger charge is -2.08. The lowest BCUT2D eigenvalue weighted by atomic mass is 10.1. The second-order valence-corrected chi connectivity index (χ2v) is 8.14. The molecule has 3 rings (SSSR count). The number of nitrogens with one attached hydrogen (secondary N) is 1. The molecule has 5 nitrogen and oxygen atoms in total. The van der Waals surface area contributed by atoms with Crippen LogP contribution in [0.1, 0.15) is 17.2 Å². The fraction of sp³-hybridized carbons (Fsp3) is 0.211. The van der Waals surface area contributed by atoms with Crippen LogP contribution >= 0.6 is 11.6 Å². The third-order valence-electron chi connectivity index (χ3n) is 3.96. The highest BCUT2D eigenvalue weighted by atomic mass is 35.5. The Morgan fingerprint density at radius 1 is 1.04 bits per heavy atom. The summed E-state index contributed by atoms with van der Waals surface area (Å²) in [6, 6.07) is 14.0. The molecule has 2 aromatic carbocycles. The Hall–Kier alpha value is -2.15. The SMILES string of the molecule is Cc1nc(-c2ccc(S(=O)(=O)NCCc3ccc(Cl)cc3)cc2)c(C)o1. The summed E-state index contributed by atoms with van der Waals surface area (Å²) in [5, 5.41) is 0.659. The number of benzene rings is 2. The molecule has 0 saturated carbocycles. The molecule has 26 heavy (non-hydrogen) atoms. The Labute approximate surface area is 158 Å². The van der Waals surface area contributed by atoms with Crippen LogP contribution in [0.25, 0.3) is 11.3 Å². The van der Waals surface area contributed by atoms with Crippen molar-refractivity contribution in [2.24, 2.45) is 0 Å². The van der Waals surface area contributed by atoms with Crippen LogP contribution in [-0.4, -0.2) is 19.9 Å². The number of sulfonamides is 1. The van der Waals surface area contributed by atoms with Crippen LogP contribution in [-0.2, 0) is 16.4 Å². The topological polar surface area (TPSA) is 72.2 Å². The number of oxazole rings is 1. The third-order valence-corrected chi connectivity index (χ3v) is 5.69. The summed E-state index contributed by atoms with van der Waals surface area (Å²) < 4.78 is 32.9. The van der Waals surface area contributed by atoms with Crippen molar-refractivity contribution in [3.63, 3.8) is 0 Å². The molecule has 1 N–H and O–H groups in total. The van der Waals surface area contributed by atoms with Gasteiger partial charge in [-0.15, -0.1) is 0 Å². The molecule has 7 heteroatoms. The minimum atomic E-state index is -3.56. The van der Waals surface area contributed by atoms with Crippen LogP contribution in [0.3, 0.4) is 0 Å². The van der Waals surface area contributed by atoms with E-state index in [9.17, 15) is 8.42 Å². The van der Waals surface area contributed by atoms with Crippen molar-refractivity contribution in [3.05, 3.63) is 70.8 Å². The molecule has 0 unspecified atom stereocenters. The predicted molar refractivity (Wildman–Crippen MR) is 102 cm³/mol. The molecule has 0 amide bonds. The van der Waals surface area contributed by atoms with Gasteiger partial charge in [0, 0.05) is 24.1 Å². The summed E-state index contributed by atoms with van der Waals surface area (Å²) in [4.78, 5) is 4.54. The van der Waals surface area contributed by atoms with Crippen LogP contribution in [0.2, 0.25) is 5.02 Å². The number of hydrogen-bond acceptors (Lipinski definition) is 4. The van der Waals surface area contributed by atoms with Crippen LogP contribution in [0.5, 0.6) is 0 Å². The average molecular weight is 391 g/mol. The Morgan fingerprint density at radius 2 is 1.69 bits per heavy atom. The van der Waals surface area contributed by atoms with Gasteiger partial charge in [-0.2, -0.15) is 0 Å². The average Bonchev–Trinajstić information content (AvgIpc) is 2.95. The van der Waals surface area contributed by atoms with Crippen LogP contribution in [0.4, 0.5) is 0 Å². The minimum absolute atomic E-state index is 0.218. The predicted octanol–water partition coefficient (Wildman–Crippen LogP) is 4.13. The fourth-order valence-corrected chi connectivity index (χ4v) is 3.81. The molecule has 0 bridgehead atoms. The summed E-state index contributed by atoms with van der Waals surface area (Å²) in [6.45, 7) is 3.92. The van der Waals surface area contributed by atoms with Gasteiger partial charge < -0.3 is 4.42 Å². The quantitative estimate of drug-likeness (QED) is 0.686. The summed E-state index contributed by atoms with van der Waals surface area (Å²) in [7, 11) is -3.56. The molecule has 136 valence electrons. The maximum absolute atomic E-state index is 12.4. The molecule has 0 saturated heterocycles. The maximum Gasteiger partial charge on any atom is 0.240 e. The first-order valence-corrected chi connectivity index (χ1v) is 10.00. The number of aromatic nitrogens is 1. The molecule has 0 aliphatic carbocycles. The van der Waals surface area contributed by atoms with E-state index < -0.39 is 10.0 Å². The van der Waals surface area contributed by atoms with E-state index in [0.29, 0.717) is 29.6 Å². The number of aryl methyl sites for hydroxylation is 2.